The van der Waals surface area contributed by atoms with Crippen LogP contribution < -0.4 is 11.1 Å². The van der Waals surface area contributed by atoms with Crippen molar-refractivity contribution < 1.29 is 22.8 Å². The van der Waals surface area contributed by atoms with Crippen molar-refractivity contribution in [1.29, 1.82) is 0 Å². The number of amides is 2. The Hall–Kier alpha value is -3.22. The van der Waals surface area contributed by atoms with Crippen molar-refractivity contribution in [3.05, 3.63) is 64.9 Å². The average molecular weight is 330 g/mol. The predicted octanol–water partition coefficient (Wildman–Crippen LogP) is 3.37. The molecule has 0 aliphatic heterocycles. The van der Waals surface area contributed by atoms with E-state index in [-0.39, 0.29) is 28.0 Å². The van der Waals surface area contributed by atoms with E-state index in [4.69, 9.17) is 10.2 Å². The molecule has 0 fully saturated rings. The molecule has 1 aromatic heterocycles. The number of hydrogen-bond donors (Lipinski definition) is 2. The summed E-state index contributed by atoms with van der Waals surface area (Å²) in [6.45, 7) is 1.53. The number of rotatable bonds is 3. The highest BCUT2D eigenvalue weighted by atomic mass is 19.1. The highest BCUT2D eigenvalue weighted by Crippen LogP contribution is 2.33. The molecule has 1 heterocycles. The molecule has 0 aliphatic rings. The Morgan fingerprint density at radius 1 is 1.17 bits per heavy atom. The maximum absolute atomic E-state index is 13.8. The van der Waals surface area contributed by atoms with Gasteiger partial charge in [-0.05, 0) is 42.8 Å². The number of primary amides is 1. The van der Waals surface area contributed by atoms with Gasteiger partial charge in [-0.15, -0.1) is 0 Å². The average Bonchev–Trinajstić information content (AvgIpc) is 2.86. The van der Waals surface area contributed by atoms with Crippen molar-refractivity contribution in [2.75, 3.05) is 5.32 Å². The molecule has 0 unspecified atom stereocenters. The fraction of sp³-hybridized carbons (Fsp3) is 0.0588. The van der Waals surface area contributed by atoms with E-state index in [1.165, 1.54) is 31.2 Å². The van der Waals surface area contributed by atoms with Crippen LogP contribution in [-0.4, -0.2) is 11.8 Å². The van der Waals surface area contributed by atoms with Gasteiger partial charge in [0.2, 0.25) is 5.76 Å². The minimum Gasteiger partial charge on any atom is -0.449 e. The SMILES string of the molecule is Cc1cc2oc(C(N)=O)c(NC(=O)c3cccc(F)c3)c2cc1F. The number of nitrogens with one attached hydrogen (secondary N) is 1. The Kier molecular flexibility index (Phi) is 3.76. The van der Waals surface area contributed by atoms with Crippen LogP contribution in [0.3, 0.4) is 0 Å². The van der Waals surface area contributed by atoms with E-state index in [1.807, 2.05) is 0 Å². The molecule has 0 atom stereocenters. The summed E-state index contributed by atoms with van der Waals surface area (Å²) in [5.74, 6) is -3.02. The molecule has 0 saturated heterocycles. The third kappa shape index (κ3) is 2.71. The molecule has 3 rings (SSSR count). The second kappa shape index (κ2) is 5.77. The highest BCUT2D eigenvalue weighted by Gasteiger charge is 2.22. The Morgan fingerprint density at radius 3 is 2.58 bits per heavy atom. The lowest BCUT2D eigenvalue weighted by molar-refractivity contribution is 0.0977. The van der Waals surface area contributed by atoms with Gasteiger partial charge in [0.1, 0.15) is 22.9 Å². The topological polar surface area (TPSA) is 85.3 Å². The zero-order valence-corrected chi connectivity index (χ0v) is 12.5. The summed E-state index contributed by atoms with van der Waals surface area (Å²) < 4.78 is 32.4. The lowest BCUT2D eigenvalue weighted by Crippen LogP contribution is -2.17. The molecule has 0 spiro atoms. The lowest BCUT2D eigenvalue weighted by Gasteiger charge is -2.05. The van der Waals surface area contributed by atoms with Crippen molar-refractivity contribution in [1.82, 2.24) is 0 Å². The van der Waals surface area contributed by atoms with Crippen molar-refractivity contribution in [3.8, 4) is 0 Å². The van der Waals surface area contributed by atoms with Crippen molar-refractivity contribution in [2.45, 2.75) is 6.92 Å². The third-order valence-electron chi connectivity index (χ3n) is 3.52. The van der Waals surface area contributed by atoms with Crippen molar-refractivity contribution >= 4 is 28.5 Å². The molecule has 3 aromatic rings. The second-order valence-corrected chi connectivity index (χ2v) is 5.23. The van der Waals surface area contributed by atoms with Crippen LogP contribution in [-0.2, 0) is 0 Å². The quantitative estimate of drug-likeness (QED) is 0.772. The molecule has 2 aromatic carbocycles. The van der Waals surface area contributed by atoms with E-state index < -0.39 is 23.4 Å². The molecule has 0 saturated carbocycles. The molecule has 5 nitrogen and oxygen atoms in total. The zero-order chi connectivity index (χ0) is 17.4. The smallest absolute Gasteiger partial charge is 0.286 e. The molecule has 7 heteroatoms. The van der Waals surface area contributed by atoms with Crippen LogP contribution in [0.5, 0.6) is 0 Å². The molecule has 122 valence electrons. The summed E-state index contributed by atoms with van der Waals surface area (Å²) in [4.78, 5) is 23.8. The van der Waals surface area contributed by atoms with Gasteiger partial charge >= 0.3 is 0 Å². The first-order chi connectivity index (χ1) is 11.4. The van der Waals surface area contributed by atoms with Gasteiger partial charge in [0.15, 0.2) is 0 Å². The number of benzene rings is 2. The summed E-state index contributed by atoms with van der Waals surface area (Å²) in [5.41, 5.74) is 5.76. The summed E-state index contributed by atoms with van der Waals surface area (Å²) in [6.07, 6.45) is 0. The van der Waals surface area contributed by atoms with Crippen molar-refractivity contribution in [2.24, 2.45) is 5.73 Å². The number of hydrogen-bond acceptors (Lipinski definition) is 3. The Bertz CT molecular complexity index is 979. The maximum atomic E-state index is 13.8. The van der Waals surface area contributed by atoms with Gasteiger partial charge < -0.3 is 15.5 Å². The lowest BCUT2D eigenvalue weighted by atomic mass is 10.1. The van der Waals surface area contributed by atoms with Crippen LogP contribution in [0.25, 0.3) is 11.0 Å². The van der Waals surface area contributed by atoms with Gasteiger partial charge in [-0.2, -0.15) is 0 Å². The minimum absolute atomic E-state index is 0.0346. The fourth-order valence-electron chi connectivity index (χ4n) is 2.33. The standard InChI is InChI=1S/C17H12F2N2O3/c1-8-5-13-11(7-12(8)19)14(15(24-13)16(20)22)21-17(23)9-3-2-4-10(18)6-9/h2-7H,1H3,(H2,20,22)(H,21,23). The highest BCUT2D eigenvalue weighted by molar-refractivity contribution is 6.14. The molecular formula is C17H12F2N2O3. The summed E-state index contributed by atoms with van der Waals surface area (Å²) in [7, 11) is 0. The molecule has 3 N–H and O–H groups in total. The molecule has 0 bridgehead atoms. The van der Waals surface area contributed by atoms with Crippen LogP contribution in [0.2, 0.25) is 0 Å². The number of fused-ring (bicyclic) bond motifs is 1. The van der Waals surface area contributed by atoms with E-state index in [1.54, 1.807) is 0 Å². The molecule has 0 aliphatic carbocycles. The number of anilines is 1. The van der Waals surface area contributed by atoms with E-state index in [0.29, 0.717) is 5.56 Å². The number of halogens is 2. The molecule has 2 amide bonds. The van der Waals surface area contributed by atoms with Gasteiger partial charge in [-0.3, -0.25) is 9.59 Å². The first-order valence-corrected chi connectivity index (χ1v) is 6.96. The largest absolute Gasteiger partial charge is 0.449 e. The van der Waals surface area contributed by atoms with E-state index in [2.05, 4.69) is 5.32 Å². The second-order valence-electron chi connectivity index (χ2n) is 5.23. The van der Waals surface area contributed by atoms with Crippen LogP contribution >= 0.6 is 0 Å². The minimum atomic E-state index is -0.918. The molecular weight excluding hydrogens is 318 g/mol. The normalized spacial score (nSPS) is 10.8. The molecule has 0 radical (unpaired) electrons. The van der Waals surface area contributed by atoms with Gasteiger partial charge in [0, 0.05) is 10.9 Å². The van der Waals surface area contributed by atoms with Gasteiger partial charge in [-0.25, -0.2) is 8.78 Å². The number of aryl methyl sites for hydroxylation is 1. The van der Waals surface area contributed by atoms with Crippen LogP contribution in [0.1, 0.15) is 26.5 Å². The summed E-state index contributed by atoms with van der Waals surface area (Å²) >= 11 is 0. The Morgan fingerprint density at radius 2 is 1.92 bits per heavy atom. The van der Waals surface area contributed by atoms with E-state index in [9.17, 15) is 18.4 Å². The van der Waals surface area contributed by atoms with E-state index in [0.717, 1.165) is 12.1 Å². The van der Waals surface area contributed by atoms with Gasteiger partial charge in [-0.1, -0.05) is 6.07 Å². The number of carbonyl (C=O) groups is 2. The Balaban J connectivity index is 2.10. The predicted molar refractivity (Wildman–Crippen MR) is 83.8 cm³/mol. The monoisotopic (exact) mass is 330 g/mol. The van der Waals surface area contributed by atoms with Gasteiger partial charge in [0.05, 0.1) is 0 Å². The van der Waals surface area contributed by atoms with Crippen LogP contribution in [0, 0.1) is 18.6 Å². The fourth-order valence-corrected chi connectivity index (χ4v) is 2.33. The summed E-state index contributed by atoms with van der Waals surface area (Å²) in [6, 6.07) is 7.53. The van der Waals surface area contributed by atoms with Gasteiger partial charge in [0.25, 0.3) is 11.8 Å². The van der Waals surface area contributed by atoms with Crippen LogP contribution in [0.4, 0.5) is 14.5 Å². The first-order valence-electron chi connectivity index (χ1n) is 6.96. The maximum Gasteiger partial charge on any atom is 0.286 e. The molecule has 24 heavy (non-hydrogen) atoms. The third-order valence-corrected chi connectivity index (χ3v) is 3.52. The first kappa shape index (κ1) is 15.7. The Labute approximate surface area is 135 Å². The number of carbonyl (C=O) groups excluding carboxylic acids is 2. The zero-order valence-electron chi connectivity index (χ0n) is 12.5. The van der Waals surface area contributed by atoms with E-state index >= 15 is 0 Å². The van der Waals surface area contributed by atoms with Crippen molar-refractivity contribution in [3.63, 3.8) is 0 Å². The summed E-state index contributed by atoms with van der Waals surface area (Å²) in [5, 5.41) is 2.63. The number of furan rings is 1. The number of nitrogens with two attached hydrogens (primary N) is 1. The van der Waals surface area contributed by atoms with Crippen LogP contribution in [0.15, 0.2) is 40.8 Å².